The fourth-order valence-electron chi connectivity index (χ4n) is 2.01. The Kier molecular flexibility index (Phi) is 2.10. The van der Waals surface area contributed by atoms with Crippen LogP contribution in [0.25, 0.3) is 0 Å². The first-order valence-electron chi connectivity index (χ1n) is 4.74. The summed E-state index contributed by atoms with van der Waals surface area (Å²) in [4.78, 5) is 0. The van der Waals surface area contributed by atoms with Crippen molar-refractivity contribution in [1.29, 1.82) is 0 Å². The Hall–Kier alpha value is -0.860. The molecule has 1 aliphatic rings. The maximum Gasteiger partial charge on any atom is 0.0379 e. The zero-order valence-corrected chi connectivity index (χ0v) is 8.30. The maximum atomic E-state index is 5.64. The SMILES string of the molecule is Cc1ccc(CN(C)N)c2c1CC2. The maximum absolute atomic E-state index is 5.64. The number of nitrogens with zero attached hydrogens (tertiary/aromatic N) is 1. The summed E-state index contributed by atoms with van der Waals surface area (Å²) in [5.74, 6) is 5.64. The molecule has 0 heterocycles. The highest BCUT2D eigenvalue weighted by molar-refractivity contribution is 5.46. The van der Waals surface area contributed by atoms with Crippen molar-refractivity contribution in [2.75, 3.05) is 7.05 Å². The molecule has 2 nitrogen and oxygen atoms in total. The first kappa shape index (κ1) is 8.73. The van der Waals surface area contributed by atoms with E-state index in [2.05, 4.69) is 19.1 Å². The third-order valence-electron chi connectivity index (χ3n) is 2.81. The van der Waals surface area contributed by atoms with Crippen LogP contribution in [-0.4, -0.2) is 12.1 Å². The van der Waals surface area contributed by atoms with Crippen molar-refractivity contribution < 1.29 is 0 Å². The second kappa shape index (κ2) is 3.13. The van der Waals surface area contributed by atoms with Crippen molar-refractivity contribution in [3.8, 4) is 0 Å². The Morgan fingerprint density at radius 2 is 2.00 bits per heavy atom. The van der Waals surface area contributed by atoms with Gasteiger partial charge >= 0.3 is 0 Å². The lowest BCUT2D eigenvalue weighted by Gasteiger charge is -2.26. The zero-order chi connectivity index (χ0) is 9.42. The van der Waals surface area contributed by atoms with Gasteiger partial charge in [0.1, 0.15) is 0 Å². The molecular formula is C11H16N2. The van der Waals surface area contributed by atoms with Gasteiger partial charge in [0.25, 0.3) is 0 Å². The minimum absolute atomic E-state index is 0.864. The highest BCUT2D eigenvalue weighted by atomic mass is 15.4. The van der Waals surface area contributed by atoms with Crippen molar-refractivity contribution in [1.82, 2.24) is 5.01 Å². The molecule has 1 aromatic rings. The number of hydrogen-bond acceptors (Lipinski definition) is 2. The lowest BCUT2D eigenvalue weighted by atomic mass is 9.82. The molecule has 0 bridgehead atoms. The first-order valence-corrected chi connectivity index (χ1v) is 4.74. The van der Waals surface area contributed by atoms with Crippen LogP contribution in [0.15, 0.2) is 12.1 Å². The average Bonchev–Trinajstić information content (AvgIpc) is 1.94. The second-order valence-corrected chi connectivity index (χ2v) is 3.91. The average molecular weight is 176 g/mol. The van der Waals surface area contributed by atoms with E-state index in [-0.39, 0.29) is 0 Å². The topological polar surface area (TPSA) is 29.3 Å². The van der Waals surface area contributed by atoms with Crippen LogP contribution in [0.1, 0.15) is 22.3 Å². The van der Waals surface area contributed by atoms with E-state index in [1.54, 1.807) is 10.6 Å². The highest BCUT2D eigenvalue weighted by Gasteiger charge is 2.18. The second-order valence-electron chi connectivity index (χ2n) is 3.91. The van der Waals surface area contributed by atoms with E-state index in [1.807, 2.05) is 7.05 Å². The van der Waals surface area contributed by atoms with Crippen molar-refractivity contribution >= 4 is 0 Å². The fourth-order valence-corrected chi connectivity index (χ4v) is 2.01. The number of nitrogens with two attached hydrogens (primary N) is 1. The van der Waals surface area contributed by atoms with Gasteiger partial charge in [-0.15, -0.1) is 0 Å². The number of aryl methyl sites for hydroxylation is 1. The number of fused-ring (bicyclic) bond motifs is 1. The van der Waals surface area contributed by atoms with Gasteiger partial charge < -0.3 is 0 Å². The highest BCUT2D eigenvalue weighted by Crippen LogP contribution is 2.29. The van der Waals surface area contributed by atoms with Crippen LogP contribution in [0.2, 0.25) is 0 Å². The summed E-state index contributed by atoms with van der Waals surface area (Å²) in [7, 11) is 1.91. The molecule has 1 aliphatic carbocycles. The Morgan fingerprint density at radius 3 is 2.54 bits per heavy atom. The third kappa shape index (κ3) is 1.47. The number of benzene rings is 1. The summed E-state index contributed by atoms with van der Waals surface area (Å²) >= 11 is 0. The molecule has 0 saturated heterocycles. The molecule has 0 unspecified atom stereocenters. The largest absolute Gasteiger partial charge is 0.269 e. The van der Waals surface area contributed by atoms with Gasteiger partial charge in [0, 0.05) is 13.6 Å². The molecule has 0 spiro atoms. The molecule has 0 aliphatic heterocycles. The summed E-state index contributed by atoms with van der Waals surface area (Å²) in [6, 6.07) is 4.41. The Morgan fingerprint density at radius 1 is 1.31 bits per heavy atom. The van der Waals surface area contributed by atoms with E-state index in [1.165, 1.54) is 29.5 Å². The van der Waals surface area contributed by atoms with Gasteiger partial charge in [-0.3, -0.25) is 5.84 Å². The van der Waals surface area contributed by atoms with Gasteiger partial charge in [0.2, 0.25) is 0 Å². The minimum Gasteiger partial charge on any atom is -0.269 e. The summed E-state index contributed by atoms with van der Waals surface area (Å²) < 4.78 is 0. The van der Waals surface area contributed by atoms with Crippen molar-refractivity contribution in [2.24, 2.45) is 5.84 Å². The zero-order valence-electron chi connectivity index (χ0n) is 8.30. The van der Waals surface area contributed by atoms with Crippen LogP contribution in [0.3, 0.4) is 0 Å². The molecule has 13 heavy (non-hydrogen) atoms. The third-order valence-corrected chi connectivity index (χ3v) is 2.81. The predicted octanol–water partition coefficient (Wildman–Crippen LogP) is 1.40. The van der Waals surface area contributed by atoms with Crippen LogP contribution in [-0.2, 0) is 19.4 Å². The standard InChI is InChI=1S/C11H16N2/c1-8-3-4-9(7-13(2)12)11-6-5-10(8)11/h3-4H,5-7,12H2,1-2H3. The van der Waals surface area contributed by atoms with Crippen LogP contribution in [0, 0.1) is 6.92 Å². The van der Waals surface area contributed by atoms with Gasteiger partial charge in [0.05, 0.1) is 0 Å². The van der Waals surface area contributed by atoms with Crippen LogP contribution in [0.5, 0.6) is 0 Å². The Labute approximate surface area is 79.3 Å². The first-order chi connectivity index (χ1) is 6.18. The Bertz CT molecular complexity index is 329. The van der Waals surface area contributed by atoms with Gasteiger partial charge in [-0.1, -0.05) is 12.1 Å². The molecule has 0 atom stereocenters. The molecule has 0 aromatic heterocycles. The van der Waals surface area contributed by atoms with E-state index in [4.69, 9.17) is 5.84 Å². The summed E-state index contributed by atoms with van der Waals surface area (Å²) in [5.41, 5.74) is 5.93. The molecular weight excluding hydrogens is 160 g/mol. The quantitative estimate of drug-likeness (QED) is 0.545. The number of hydrazine groups is 1. The van der Waals surface area contributed by atoms with Crippen LogP contribution < -0.4 is 5.84 Å². The van der Waals surface area contributed by atoms with Gasteiger partial charge in [-0.25, -0.2) is 5.01 Å². The van der Waals surface area contributed by atoms with E-state index in [0.717, 1.165) is 6.54 Å². The van der Waals surface area contributed by atoms with E-state index in [0.29, 0.717) is 0 Å². The number of hydrogen-bond donors (Lipinski definition) is 1. The molecule has 2 heteroatoms. The molecule has 70 valence electrons. The smallest absolute Gasteiger partial charge is 0.0379 e. The minimum atomic E-state index is 0.864. The molecule has 0 amide bonds. The van der Waals surface area contributed by atoms with Crippen molar-refractivity contribution in [2.45, 2.75) is 26.3 Å². The van der Waals surface area contributed by atoms with Crippen LogP contribution in [0.4, 0.5) is 0 Å². The molecule has 2 rings (SSSR count). The van der Waals surface area contributed by atoms with Crippen molar-refractivity contribution in [3.05, 3.63) is 34.4 Å². The fraction of sp³-hybridized carbons (Fsp3) is 0.455. The van der Waals surface area contributed by atoms with E-state index in [9.17, 15) is 0 Å². The van der Waals surface area contributed by atoms with E-state index >= 15 is 0 Å². The summed E-state index contributed by atoms with van der Waals surface area (Å²) in [6.07, 6.45) is 2.49. The summed E-state index contributed by atoms with van der Waals surface area (Å²) in [5, 5.41) is 1.74. The molecule has 0 fully saturated rings. The molecule has 0 saturated carbocycles. The lowest BCUT2D eigenvalue weighted by molar-refractivity contribution is 0.339. The van der Waals surface area contributed by atoms with Crippen LogP contribution >= 0.6 is 0 Å². The molecule has 2 N–H and O–H groups in total. The normalized spacial score (nSPS) is 14.2. The number of rotatable bonds is 2. The van der Waals surface area contributed by atoms with E-state index < -0.39 is 0 Å². The lowest BCUT2D eigenvalue weighted by Crippen LogP contribution is -2.27. The monoisotopic (exact) mass is 176 g/mol. The predicted molar refractivity (Wildman–Crippen MR) is 54.2 cm³/mol. The van der Waals surface area contributed by atoms with Gasteiger partial charge in [-0.05, 0) is 42.0 Å². The van der Waals surface area contributed by atoms with Gasteiger partial charge in [0.15, 0.2) is 0 Å². The van der Waals surface area contributed by atoms with Gasteiger partial charge in [-0.2, -0.15) is 0 Å². The van der Waals surface area contributed by atoms with Crippen molar-refractivity contribution in [3.63, 3.8) is 0 Å². The summed E-state index contributed by atoms with van der Waals surface area (Å²) in [6.45, 7) is 3.05. The molecule has 0 radical (unpaired) electrons. The Balaban J connectivity index is 2.33. The molecule has 1 aromatic carbocycles.